The van der Waals surface area contributed by atoms with Crippen molar-refractivity contribution >= 4 is 11.6 Å². The predicted molar refractivity (Wildman–Crippen MR) is 171 cm³/mol. The van der Waals surface area contributed by atoms with E-state index in [1.807, 2.05) is 86.3 Å². The third-order valence-electron chi connectivity index (χ3n) is 7.64. The molecule has 0 radical (unpaired) electrons. The maximum atomic E-state index is 14.0. The molecular weight excluding hydrogens is 576 g/mol. The summed E-state index contributed by atoms with van der Waals surface area (Å²) in [5.41, 5.74) is 11.8. The Morgan fingerprint density at radius 3 is 2.49 bits per heavy atom. The molecule has 0 bridgehead atoms. The number of aryl methyl sites for hydroxylation is 1. The van der Waals surface area contributed by atoms with Crippen LogP contribution >= 0.6 is 0 Å². The number of rotatable bonds is 11. The van der Waals surface area contributed by atoms with Gasteiger partial charge in [0.1, 0.15) is 18.1 Å². The van der Waals surface area contributed by atoms with Gasteiger partial charge in [-0.1, -0.05) is 18.2 Å². The van der Waals surface area contributed by atoms with E-state index in [1.54, 1.807) is 18.5 Å². The highest BCUT2D eigenvalue weighted by Gasteiger charge is 2.41. The molecule has 2 aromatic heterocycles. The molecule has 1 aliphatic heterocycles. The molecule has 4 aromatic rings. The fourth-order valence-electron chi connectivity index (χ4n) is 5.17. The number of carbonyl (C=O) groups is 1. The number of benzene rings is 2. The molecule has 1 atom stereocenters. The summed E-state index contributed by atoms with van der Waals surface area (Å²) in [6, 6.07) is 19.6. The monoisotopic (exact) mass is 615 g/mol. The lowest BCUT2D eigenvalue weighted by Crippen LogP contribution is -2.54. The third-order valence-corrected chi connectivity index (χ3v) is 7.64. The Balaban J connectivity index is 1.32. The van der Waals surface area contributed by atoms with Crippen molar-refractivity contribution in [3.63, 3.8) is 0 Å². The number of alkyl halides is 2. The van der Waals surface area contributed by atoms with Crippen LogP contribution in [0.3, 0.4) is 0 Å². The number of nitrogens with two attached hydrogens (primary N) is 1. The Morgan fingerprint density at radius 2 is 1.78 bits per heavy atom. The predicted octanol–water partition coefficient (Wildman–Crippen LogP) is 6.34. The lowest BCUT2D eigenvalue weighted by molar-refractivity contribution is -0.0738. The molecule has 236 valence electrons. The van der Waals surface area contributed by atoms with E-state index in [0.29, 0.717) is 25.4 Å². The Morgan fingerprint density at radius 1 is 1.00 bits per heavy atom. The Kier molecular flexibility index (Phi) is 10.2. The van der Waals surface area contributed by atoms with Crippen molar-refractivity contribution in [2.75, 3.05) is 31.6 Å². The van der Waals surface area contributed by atoms with Crippen LogP contribution in [0.2, 0.25) is 0 Å². The molecule has 1 amide bonds. The summed E-state index contributed by atoms with van der Waals surface area (Å²) in [4.78, 5) is 24.1. The molecule has 1 aliphatic rings. The van der Waals surface area contributed by atoms with E-state index in [1.165, 1.54) is 0 Å². The fourth-order valence-corrected chi connectivity index (χ4v) is 5.17. The van der Waals surface area contributed by atoms with Gasteiger partial charge >= 0.3 is 0 Å². The first-order valence-electron chi connectivity index (χ1n) is 15.1. The van der Waals surface area contributed by atoms with E-state index >= 15 is 0 Å². The van der Waals surface area contributed by atoms with Crippen molar-refractivity contribution < 1.29 is 23.0 Å². The number of carbonyl (C=O) groups excluding carboxylic acids is 1. The molecule has 0 saturated carbocycles. The van der Waals surface area contributed by atoms with Crippen molar-refractivity contribution in [2.24, 2.45) is 5.73 Å². The van der Waals surface area contributed by atoms with Crippen LogP contribution in [0.5, 0.6) is 5.75 Å². The van der Waals surface area contributed by atoms with Crippen LogP contribution in [0.1, 0.15) is 42.0 Å². The number of amides is 1. The standard InChI is InChI=1S/C35H39F2N5O3/c1-23(2)44-14-15-45-31-8-6-26(7-9-31)27-10-12-39-32(19-27)34(43)41-30-17-25(21-42-13-11-35(36,37)33(38)22-42)16-29(18-30)28-5-4-24(3)40-20-28/h4-10,12,16-20,23,33H,11,13-15,21-22,38H2,1-3H3,(H,41,43)/t33-/m1/s1. The Hall–Kier alpha value is -4.25. The summed E-state index contributed by atoms with van der Waals surface area (Å²) in [6.07, 6.45) is 3.25. The summed E-state index contributed by atoms with van der Waals surface area (Å²) >= 11 is 0. The summed E-state index contributed by atoms with van der Waals surface area (Å²) in [5, 5.41) is 2.99. The van der Waals surface area contributed by atoms with Crippen molar-refractivity contribution in [2.45, 2.75) is 51.8 Å². The number of hydrogen-bond donors (Lipinski definition) is 2. The van der Waals surface area contributed by atoms with Crippen LogP contribution in [0.4, 0.5) is 14.5 Å². The van der Waals surface area contributed by atoms with Crippen molar-refractivity contribution in [3.8, 4) is 28.0 Å². The van der Waals surface area contributed by atoms with Crippen LogP contribution in [-0.4, -0.2) is 65.1 Å². The van der Waals surface area contributed by atoms with E-state index in [9.17, 15) is 13.6 Å². The Bertz CT molecular complexity index is 1600. The van der Waals surface area contributed by atoms with Crippen LogP contribution in [0, 0.1) is 6.92 Å². The van der Waals surface area contributed by atoms with Gasteiger partial charge in [0.15, 0.2) is 0 Å². The molecule has 5 rings (SSSR count). The number of piperidine rings is 1. The quantitative estimate of drug-likeness (QED) is 0.190. The van der Waals surface area contributed by atoms with Crippen molar-refractivity contribution in [1.29, 1.82) is 0 Å². The molecule has 2 aromatic carbocycles. The molecule has 10 heteroatoms. The average Bonchev–Trinajstić information content (AvgIpc) is 3.02. The molecule has 3 heterocycles. The van der Waals surface area contributed by atoms with Gasteiger partial charge in [0.2, 0.25) is 0 Å². The second kappa shape index (κ2) is 14.2. The molecular formula is C35H39F2N5O3. The van der Waals surface area contributed by atoms with E-state index in [2.05, 4.69) is 15.3 Å². The first-order valence-corrected chi connectivity index (χ1v) is 15.1. The SMILES string of the molecule is Cc1ccc(-c2cc(CN3CCC(F)(F)[C@H](N)C3)cc(NC(=O)c3cc(-c4ccc(OCCOC(C)C)cc4)ccn3)c2)cn1. The maximum Gasteiger partial charge on any atom is 0.274 e. The van der Waals surface area contributed by atoms with Gasteiger partial charge in [-0.3, -0.25) is 19.7 Å². The highest BCUT2D eigenvalue weighted by atomic mass is 19.3. The first-order chi connectivity index (χ1) is 21.6. The topological polar surface area (TPSA) is 103 Å². The van der Waals surface area contributed by atoms with Gasteiger partial charge in [-0.25, -0.2) is 8.78 Å². The second-order valence-electron chi connectivity index (χ2n) is 11.6. The normalized spacial score (nSPS) is 16.5. The van der Waals surface area contributed by atoms with E-state index < -0.39 is 12.0 Å². The lowest BCUT2D eigenvalue weighted by Gasteiger charge is -2.36. The van der Waals surface area contributed by atoms with Gasteiger partial charge in [-0.05, 0) is 91.6 Å². The number of halogens is 2. The molecule has 0 spiro atoms. The Labute approximate surface area is 262 Å². The summed E-state index contributed by atoms with van der Waals surface area (Å²) in [7, 11) is 0. The number of pyridine rings is 2. The first kappa shape index (κ1) is 32.2. The molecule has 45 heavy (non-hydrogen) atoms. The zero-order valence-corrected chi connectivity index (χ0v) is 25.8. The minimum absolute atomic E-state index is 0.0847. The highest BCUT2D eigenvalue weighted by Crippen LogP contribution is 2.30. The van der Waals surface area contributed by atoms with Crippen LogP contribution in [0.25, 0.3) is 22.3 Å². The van der Waals surface area contributed by atoms with E-state index in [4.69, 9.17) is 15.2 Å². The van der Waals surface area contributed by atoms with E-state index in [0.717, 1.165) is 39.3 Å². The lowest BCUT2D eigenvalue weighted by atomic mass is 9.99. The van der Waals surface area contributed by atoms with Gasteiger partial charge in [0, 0.05) is 55.4 Å². The smallest absolute Gasteiger partial charge is 0.274 e. The molecule has 1 fully saturated rings. The van der Waals surface area contributed by atoms with Gasteiger partial charge in [0.05, 0.1) is 18.8 Å². The fraction of sp³-hybridized carbons (Fsp3) is 0.343. The minimum atomic E-state index is -2.87. The van der Waals surface area contributed by atoms with Crippen LogP contribution in [-0.2, 0) is 11.3 Å². The zero-order chi connectivity index (χ0) is 32.0. The zero-order valence-electron chi connectivity index (χ0n) is 25.8. The summed E-state index contributed by atoms with van der Waals surface area (Å²) in [5.74, 6) is -2.50. The summed E-state index contributed by atoms with van der Waals surface area (Å²) < 4.78 is 39.3. The number of nitrogens with zero attached hydrogens (tertiary/aromatic N) is 3. The molecule has 0 unspecified atom stereocenters. The second-order valence-corrected chi connectivity index (χ2v) is 11.6. The number of hydrogen-bond acceptors (Lipinski definition) is 7. The molecule has 1 saturated heterocycles. The van der Waals surface area contributed by atoms with Crippen LogP contribution in [0.15, 0.2) is 79.1 Å². The number of likely N-dealkylation sites (tertiary alicyclic amines) is 1. The number of ether oxygens (including phenoxy) is 2. The van der Waals surface area contributed by atoms with Gasteiger partial charge in [0.25, 0.3) is 11.8 Å². The number of nitrogens with one attached hydrogen (secondary N) is 1. The van der Waals surface area contributed by atoms with Gasteiger partial charge < -0.3 is 20.5 Å². The van der Waals surface area contributed by atoms with Crippen molar-refractivity contribution in [3.05, 3.63) is 96.1 Å². The molecule has 3 N–H and O–H groups in total. The van der Waals surface area contributed by atoms with Crippen LogP contribution < -0.4 is 15.8 Å². The van der Waals surface area contributed by atoms with E-state index in [-0.39, 0.29) is 37.2 Å². The molecule has 8 nitrogen and oxygen atoms in total. The average molecular weight is 616 g/mol. The number of aromatic nitrogens is 2. The highest BCUT2D eigenvalue weighted by molar-refractivity contribution is 6.03. The largest absolute Gasteiger partial charge is 0.491 e. The third kappa shape index (κ3) is 8.69. The minimum Gasteiger partial charge on any atom is -0.491 e. The van der Waals surface area contributed by atoms with Gasteiger partial charge in [-0.15, -0.1) is 0 Å². The molecule has 0 aliphatic carbocycles. The van der Waals surface area contributed by atoms with Crippen molar-refractivity contribution in [1.82, 2.24) is 14.9 Å². The van der Waals surface area contributed by atoms with Gasteiger partial charge in [-0.2, -0.15) is 0 Å². The summed E-state index contributed by atoms with van der Waals surface area (Å²) in [6.45, 7) is 7.58. The maximum absolute atomic E-state index is 14.0. The number of anilines is 1.